The Morgan fingerprint density at radius 1 is 1.35 bits per heavy atom. The molecule has 0 saturated carbocycles. The summed E-state index contributed by atoms with van der Waals surface area (Å²) in [6.07, 6.45) is 1.91. The molecule has 1 aromatic carbocycles. The Labute approximate surface area is 151 Å². The Morgan fingerprint density at radius 2 is 2.22 bits per heavy atom. The van der Waals surface area contributed by atoms with Crippen molar-refractivity contribution < 1.29 is 4.79 Å². The summed E-state index contributed by atoms with van der Waals surface area (Å²) in [5, 5.41) is 11.9. The highest BCUT2D eigenvalue weighted by atomic mass is 79.9. The third-order valence-corrected chi connectivity index (χ3v) is 4.76. The molecule has 4 nitrogen and oxygen atoms in total. The van der Waals surface area contributed by atoms with Gasteiger partial charge in [0.25, 0.3) is 5.91 Å². The molecule has 118 valence electrons. The van der Waals surface area contributed by atoms with Crippen molar-refractivity contribution in [2.75, 3.05) is 6.54 Å². The molecular formula is C16H13BrClN3OS. The van der Waals surface area contributed by atoms with Crippen LogP contribution in [-0.2, 0) is 6.54 Å². The second-order valence-corrected chi connectivity index (χ2v) is 6.96. The number of hydrogen-bond donors (Lipinski definition) is 1. The van der Waals surface area contributed by atoms with E-state index in [1.807, 2.05) is 28.4 Å². The van der Waals surface area contributed by atoms with E-state index in [1.54, 1.807) is 29.5 Å². The van der Waals surface area contributed by atoms with Crippen LogP contribution >= 0.6 is 38.9 Å². The molecule has 0 unspecified atom stereocenters. The van der Waals surface area contributed by atoms with Gasteiger partial charge in [0, 0.05) is 28.2 Å². The molecule has 2 aromatic heterocycles. The van der Waals surface area contributed by atoms with E-state index in [9.17, 15) is 4.79 Å². The van der Waals surface area contributed by atoms with Gasteiger partial charge >= 0.3 is 0 Å². The van der Waals surface area contributed by atoms with Crippen molar-refractivity contribution in [3.8, 4) is 11.3 Å². The highest BCUT2D eigenvalue weighted by Gasteiger charge is 2.10. The standard InChI is InChI=1S/C16H13BrClN3OS/c17-12-1-2-14(18)13(9-12)16(22)19-5-7-21-6-3-15(20-21)11-4-8-23-10-11/h1-4,6,8-10H,5,7H2,(H,19,22). The molecule has 23 heavy (non-hydrogen) atoms. The van der Waals surface area contributed by atoms with Gasteiger partial charge in [-0.1, -0.05) is 27.5 Å². The van der Waals surface area contributed by atoms with E-state index >= 15 is 0 Å². The average Bonchev–Trinajstić information content (AvgIpc) is 3.20. The maximum absolute atomic E-state index is 12.2. The van der Waals surface area contributed by atoms with E-state index in [4.69, 9.17) is 11.6 Å². The number of nitrogens with zero attached hydrogens (tertiary/aromatic N) is 2. The van der Waals surface area contributed by atoms with Crippen LogP contribution in [0.3, 0.4) is 0 Å². The van der Waals surface area contributed by atoms with E-state index < -0.39 is 0 Å². The number of aromatic nitrogens is 2. The van der Waals surface area contributed by atoms with Gasteiger partial charge in [0.15, 0.2) is 0 Å². The lowest BCUT2D eigenvalue weighted by atomic mass is 10.2. The molecule has 0 fully saturated rings. The minimum Gasteiger partial charge on any atom is -0.350 e. The third-order valence-electron chi connectivity index (χ3n) is 3.26. The predicted octanol–water partition coefficient (Wildman–Crippen LogP) is 4.46. The first-order valence-electron chi connectivity index (χ1n) is 6.93. The van der Waals surface area contributed by atoms with Crippen molar-refractivity contribution in [1.29, 1.82) is 0 Å². The molecule has 0 aliphatic heterocycles. The third kappa shape index (κ3) is 4.02. The molecule has 0 aliphatic rings. The number of nitrogens with one attached hydrogen (secondary N) is 1. The number of rotatable bonds is 5. The van der Waals surface area contributed by atoms with Crippen LogP contribution in [0.2, 0.25) is 5.02 Å². The first-order chi connectivity index (χ1) is 11.1. The molecular weight excluding hydrogens is 398 g/mol. The normalized spacial score (nSPS) is 10.7. The van der Waals surface area contributed by atoms with E-state index in [2.05, 4.69) is 31.7 Å². The fraction of sp³-hybridized carbons (Fsp3) is 0.125. The lowest BCUT2D eigenvalue weighted by molar-refractivity contribution is 0.0952. The number of benzene rings is 1. The summed E-state index contributed by atoms with van der Waals surface area (Å²) in [5.41, 5.74) is 2.51. The zero-order valence-electron chi connectivity index (χ0n) is 12.0. The lowest BCUT2D eigenvalue weighted by Crippen LogP contribution is -2.27. The van der Waals surface area contributed by atoms with E-state index in [0.717, 1.165) is 15.7 Å². The molecule has 0 radical (unpaired) electrons. The van der Waals surface area contributed by atoms with Crippen LogP contribution in [0.25, 0.3) is 11.3 Å². The Balaban J connectivity index is 1.57. The number of carbonyl (C=O) groups is 1. The molecule has 1 N–H and O–H groups in total. The molecule has 2 heterocycles. The quantitative estimate of drug-likeness (QED) is 0.675. The Hall–Kier alpha value is -1.63. The van der Waals surface area contributed by atoms with Crippen molar-refractivity contribution in [1.82, 2.24) is 15.1 Å². The van der Waals surface area contributed by atoms with Gasteiger partial charge in [-0.05, 0) is 35.7 Å². The topological polar surface area (TPSA) is 46.9 Å². The number of halogens is 2. The van der Waals surface area contributed by atoms with Crippen LogP contribution in [-0.4, -0.2) is 22.2 Å². The Kier molecular flexibility index (Phi) is 5.15. The largest absolute Gasteiger partial charge is 0.350 e. The summed E-state index contributed by atoms with van der Waals surface area (Å²) >= 11 is 11.0. The van der Waals surface area contributed by atoms with Crippen molar-refractivity contribution in [3.05, 3.63) is 62.3 Å². The van der Waals surface area contributed by atoms with Gasteiger partial charge in [-0.3, -0.25) is 9.48 Å². The second-order valence-electron chi connectivity index (χ2n) is 4.86. The minimum absolute atomic E-state index is 0.193. The fourth-order valence-electron chi connectivity index (χ4n) is 2.10. The van der Waals surface area contributed by atoms with Crippen LogP contribution in [0.4, 0.5) is 0 Å². The van der Waals surface area contributed by atoms with Crippen molar-refractivity contribution in [3.63, 3.8) is 0 Å². The highest BCUT2D eigenvalue weighted by Crippen LogP contribution is 2.21. The van der Waals surface area contributed by atoms with Crippen LogP contribution < -0.4 is 5.32 Å². The molecule has 3 rings (SSSR count). The van der Waals surface area contributed by atoms with Gasteiger partial charge in [-0.2, -0.15) is 16.4 Å². The first kappa shape index (κ1) is 16.2. The smallest absolute Gasteiger partial charge is 0.252 e. The molecule has 7 heteroatoms. The zero-order chi connectivity index (χ0) is 16.2. The van der Waals surface area contributed by atoms with E-state index in [1.165, 1.54) is 0 Å². The van der Waals surface area contributed by atoms with Crippen LogP contribution in [0.15, 0.2) is 51.8 Å². The first-order valence-corrected chi connectivity index (χ1v) is 9.04. The van der Waals surface area contributed by atoms with Gasteiger partial charge in [0.05, 0.1) is 22.8 Å². The number of amides is 1. The maximum atomic E-state index is 12.2. The van der Waals surface area contributed by atoms with Crippen molar-refractivity contribution in [2.45, 2.75) is 6.54 Å². The predicted molar refractivity (Wildman–Crippen MR) is 97.0 cm³/mol. The maximum Gasteiger partial charge on any atom is 0.252 e. The van der Waals surface area contributed by atoms with Crippen LogP contribution in [0.5, 0.6) is 0 Å². The van der Waals surface area contributed by atoms with Gasteiger partial charge < -0.3 is 5.32 Å². The molecule has 0 saturated heterocycles. The van der Waals surface area contributed by atoms with Crippen molar-refractivity contribution in [2.24, 2.45) is 0 Å². The van der Waals surface area contributed by atoms with Gasteiger partial charge in [-0.15, -0.1) is 0 Å². The zero-order valence-corrected chi connectivity index (χ0v) is 15.2. The average molecular weight is 411 g/mol. The monoisotopic (exact) mass is 409 g/mol. The Morgan fingerprint density at radius 3 is 3.00 bits per heavy atom. The second kappa shape index (κ2) is 7.29. The summed E-state index contributed by atoms with van der Waals surface area (Å²) < 4.78 is 2.63. The number of thiophene rings is 1. The number of hydrogen-bond acceptors (Lipinski definition) is 3. The van der Waals surface area contributed by atoms with E-state index in [-0.39, 0.29) is 5.91 Å². The SMILES string of the molecule is O=C(NCCn1ccc(-c2ccsc2)n1)c1cc(Br)ccc1Cl. The van der Waals surface area contributed by atoms with Crippen LogP contribution in [0, 0.1) is 0 Å². The fourth-order valence-corrected chi connectivity index (χ4v) is 3.32. The minimum atomic E-state index is -0.193. The lowest BCUT2D eigenvalue weighted by Gasteiger charge is -2.07. The highest BCUT2D eigenvalue weighted by molar-refractivity contribution is 9.10. The summed E-state index contributed by atoms with van der Waals surface area (Å²) in [6.45, 7) is 1.08. The molecule has 1 amide bonds. The molecule has 3 aromatic rings. The molecule has 0 spiro atoms. The Bertz CT molecular complexity index is 817. The summed E-state index contributed by atoms with van der Waals surface area (Å²) in [4.78, 5) is 12.2. The summed E-state index contributed by atoms with van der Waals surface area (Å²) in [5.74, 6) is -0.193. The van der Waals surface area contributed by atoms with E-state index in [0.29, 0.717) is 23.7 Å². The number of carbonyl (C=O) groups excluding carboxylic acids is 1. The summed E-state index contributed by atoms with van der Waals surface area (Å²) in [7, 11) is 0. The summed E-state index contributed by atoms with van der Waals surface area (Å²) in [6, 6.07) is 9.21. The van der Waals surface area contributed by atoms with Gasteiger partial charge in [0.1, 0.15) is 0 Å². The van der Waals surface area contributed by atoms with Gasteiger partial charge in [-0.25, -0.2) is 0 Å². The molecule has 0 aliphatic carbocycles. The molecule has 0 atom stereocenters. The van der Waals surface area contributed by atoms with Crippen LogP contribution in [0.1, 0.15) is 10.4 Å². The molecule has 0 bridgehead atoms. The van der Waals surface area contributed by atoms with Gasteiger partial charge in [0.2, 0.25) is 0 Å². The van der Waals surface area contributed by atoms with Crippen molar-refractivity contribution >= 4 is 44.8 Å².